The van der Waals surface area contributed by atoms with Crippen molar-refractivity contribution in [1.82, 2.24) is 0 Å². The van der Waals surface area contributed by atoms with Crippen molar-refractivity contribution in [2.75, 3.05) is 0 Å². The van der Waals surface area contributed by atoms with E-state index in [-0.39, 0.29) is 0 Å². The molecule has 0 heterocycles. The summed E-state index contributed by atoms with van der Waals surface area (Å²) in [7, 11) is 0. The summed E-state index contributed by atoms with van der Waals surface area (Å²) in [5.74, 6) is -0.678. The van der Waals surface area contributed by atoms with Crippen LogP contribution >= 0.6 is 0 Å². The first kappa shape index (κ1) is 9.99. The quantitative estimate of drug-likeness (QED) is 0.531. The van der Waals surface area contributed by atoms with Gasteiger partial charge in [0.1, 0.15) is 0 Å². The maximum absolute atomic E-state index is 10.0. The summed E-state index contributed by atoms with van der Waals surface area (Å²) in [5.41, 5.74) is 0. The molecule has 0 saturated heterocycles. The molecule has 1 N–H and O–H groups in total. The van der Waals surface area contributed by atoms with E-state index in [1.807, 2.05) is 0 Å². The first-order valence-corrected chi connectivity index (χ1v) is 4.78. The van der Waals surface area contributed by atoms with Crippen molar-refractivity contribution in [2.45, 2.75) is 37.4 Å². The van der Waals surface area contributed by atoms with Crippen LogP contribution in [0.5, 0.6) is 0 Å². The van der Waals surface area contributed by atoms with Crippen molar-refractivity contribution in [2.24, 2.45) is 0 Å². The van der Waals surface area contributed by atoms with Gasteiger partial charge < -0.3 is 0 Å². The second-order valence-electron chi connectivity index (χ2n) is 2.26. The van der Waals surface area contributed by atoms with Gasteiger partial charge in [-0.3, -0.25) is 0 Å². The third-order valence-electron chi connectivity index (χ3n) is 1.28. The number of unbranched alkanes of at least 4 members (excludes halogenated alkanes) is 3. The van der Waals surface area contributed by atoms with Gasteiger partial charge in [-0.15, -0.1) is 0 Å². The zero-order chi connectivity index (χ0) is 7.82. The van der Waals surface area contributed by atoms with Gasteiger partial charge in [0.2, 0.25) is 0 Å². The molecule has 0 fully saturated rings. The molecule has 0 aromatic carbocycles. The number of hydrogen-bond donors (Lipinski definition) is 1. The Hall–Kier alpha value is -0.0105. The Morgan fingerprint density at radius 3 is 2.30 bits per heavy atom. The first-order valence-electron chi connectivity index (χ1n) is 3.57. The normalized spacial score (nSPS) is 9.70. The summed E-state index contributed by atoms with van der Waals surface area (Å²) in [6.45, 7) is 0. The van der Waals surface area contributed by atoms with Gasteiger partial charge in [0, 0.05) is 0 Å². The standard InChI is InChI=1S/C7H13O2Se/c8-7(9)5-3-1-2-4-6-10/h1-6H2,(H,8,9). The molecular formula is C7H13O2Se. The molecule has 0 bridgehead atoms. The molecule has 0 aliphatic heterocycles. The van der Waals surface area contributed by atoms with Gasteiger partial charge in [0.05, 0.1) is 0 Å². The van der Waals surface area contributed by atoms with Crippen LogP contribution in [0, 0.1) is 0 Å². The molecule has 3 heteroatoms. The van der Waals surface area contributed by atoms with Gasteiger partial charge in [0.15, 0.2) is 0 Å². The number of aliphatic carboxylic acids is 1. The molecule has 59 valence electrons. The maximum atomic E-state index is 10.0. The van der Waals surface area contributed by atoms with Crippen molar-refractivity contribution >= 4 is 22.0 Å². The molecule has 0 aromatic rings. The summed E-state index contributed by atoms with van der Waals surface area (Å²) in [6.07, 6.45) is 4.54. The van der Waals surface area contributed by atoms with E-state index in [1.165, 1.54) is 6.42 Å². The van der Waals surface area contributed by atoms with Crippen molar-refractivity contribution in [3.8, 4) is 0 Å². The van der Waals surface area contributed by atoms with E-state index in [4.69, 9.17) is 5.11 Å². The van der Waals surface area contributed by atoms with E-state index in [2.05, 4.69) is 16.0 Å². The predicted octanol–water partition coefficient (Wildman–Crippen LogP) is 1.61. The molecule has 0 unspecified atom stereocenters. The fraction of sp³-hybridized carbons (Fsp3) is 0.857. The molecular weight excluding hydrogens is 195 g/mol. The zero-order valence-electron chi connectivity index (χ0n) is 6.01. The topological polar surface area (TPSA) is 37.3 Å². The zero-order valence-corrected chi connectivity index (χ0v) is 7.72. The Morgan fingerprint density at radius 2 is 1.80 bits per heavy atom. The molecule has 0 rings (SSSR count). The Balaban J connectivity index is 2.84. The first-order chi connectivity index (χ1) is 4.77. The Morgan fingerprint density at radius 1 is 1.20 bits per heavy atom. The van der Waals surface area contributed by atoms with Crippen LogP contribution < -0.4 is 0 Å². The van der Waals surface area contributed by atoms with E-state index in [9.17, 15) is 4.79 Å². The molecule has 0 spiro atoms. The summed E-state index contributed by atoms with van der Waals surface area (Å²) in [5, 5.41) is 9.35. The third-order valence-corrected chi connectivity index (χ3v) is 1.89. The molecule has 1 radical (unpaired) electrons. The number of carbonyl (C=O) groups is 1. The second kappa shape index (κ2) is 7.10. The van der Waals surface area contributed by atoms with Crippen LogP contribution in [0.1, 0.15) is 32.1 Å². The van der Waals surface area contributed by atoms with Crippen LogP contribution in [0.25, 0.3) is 0 Å². The molecule has 0 atom stereocenters. The van der Waals surface area contributed by atoms with Gasteiger partial charge in [-0.2, -0.15) is 0 Å². The summed E-state index contributed by atoms with van der Waals surface area (Å²) >= 11 is 2.93. The molecule has 0 aliphatic rings. The Bertz CT molecular complexity index is 93.6. The molecule has 10 heavy (non-hydrogen) atoms. The van der Waals surface area contributed by atoms with E-state index >= 15 is 0 Å². The van der Waals surface area contributed by atoms with Crippen LogP contribution in [-0.4, -0.2) is 27.1 Å². The number of carboxylic acid groups (broad SMARTS) is 1. The van der Waals surface area contributed by atoms with Gasteiger partial charge in [0.25, 0.3) is 0 Å². The van der Waals surface area contributed by atoms with Crippen molar-refractivity contribution in [3.05, 3.63) is 0 Å². The van der Waals surface area contributed by atoms with Gasteiger partial charge in [-0.05, 0) is 0 Å². The van der Waals surface area contributed by atoms with Crippen LogP contribution in [-0.2, 0) is 4.79 Å². The minimum atomic E-state index is -0.678. The number of carboxylic acids is 1. The van der Waals surface area contributed by atoms with Crippen molar-refractivity contribution in [1.29, 1.82) is 0 Å². The van der Waals surface area contributed by atoms with E-state index in [1.54, 1.807) is 0 Å². The molecule has 0 saturated carbocycles. The second-order valence-corrected chi connectivity index (χ2v) is 3.12. The fourth-order valence-corrected chi connectivity index (χ4v) is 1.16. The van der Waals surface area contributed by atoms with Crippen LogP contribution in [0.4, 0.5) is 0 Å². The monoisotopic (exact) mass is 209 g/mol. The van der Waals surface area contributed by atoms with Gasteiger partial charge in [-0.1, -0.05) is 0 Å². The Labute approximate surface area is 69.8 Å². The van der Waals surface area contributed by atoms with E-state index < -0.39 is 5.97 Å². The Kier molecular flexibility index (Phi) is 7.09. The van der Waals surface area contributed by atoms with Crippen LogP contribution in [0.2, 0.25) is 5.32 Å². The third kappa shape index (κ3) is 7.99. The van der Waals surface area contributed by atoms with Crippen molar-refractivity contribution in [3.63, 3.8) is 0 Å². The van der Waals surface area contributed by atoms with E-state index in [0.29, 0.717) is 6.42 Å². The summed E-state index contributed by atoms with van der Waals surface area (Å²) in [4.78, 5) is 10.0. The number of hydrogen-bond acceptors (Lipinski definition) is 1. The van der Waals surface area contributed by atoms with Gasteiger partial charge in [-0.25, -0.2) is 0 Å². The molecule has 0 aliphatic carbocycles. The molecule has 0 amide bonds. The molecule has 0 aromatic heterocycles. The SMILES string of the molecule is O=C(O)CCCCCC[Se]. The summed E-state index contributed by atoms with van der Waals surface area (Å²) < 4.78 is 0. The molecule has 2 nitrogen and oxygen atoms in total. The predicted molar refractivity (Wildman–Crippen MR) is 41.3 cm³/mol. The number of rotatable bonds is 6. The summed E-state index contributed by atoms with van der Waals surface area (Å²) in [6, 6.07) is 0. The minimum absolute atomic E-state index is 0.327. The van der Waals surface area contributed by atoms with E-state index in [0.717, 1.165) is 24.6 Å². The fourth-order valence-electron chi connectivity index (χ4n) is 0.732. The van der Waals surface area contributed by atoms with Crippen LogP contribution in [0.3, 0.4) is 0 Å². The average Bonchev–Trinajstić information content (AvgIpc) is 1.87. The van der Waals surface area contributed by atoms with Gasteiger partial charge >= 0.3 is 69.3 Å². The average molecular weight is 208 g/mol. The van der Waals surface area contributed by atoms with Crippen molar-refractivity contribution < 1.29 is 9.90 Å². The van der Waals surface area contributed by atoms with Crippen LogP contribution in [0.15, 0.2) is 0 Å².